The Morgan fingerprint density at radius 1 is 1.80 bits per heavy atom. The number of hydrogen-bond acceptors (Lipinski definition) is 4. The van der Waals surface area contributed by atoms with Crippen molar-refractivity contribution in [3.8, 4) is 0 Å². The lowest BCUT2D eigenvalue weighted by Gasteiger charge is -2.00. The monoisotopic (exact) mass is 211 g/mol. The third kappa shape index (κ3) is 3.80. The molecule has 0 saturated carbocycles. The van der Waals surface area contributed by atoms with E-state index in [0.29, 0.717) is 0 Å². The van der Waals surface area contributed by atoms with E-state index in [1.165, 1.54) is 6.21 Å². The van der Waals surface area contributed by atoms with Crippen molar-refractivity contribution in [3.63, 3.8) is 0 Å². The summed E-state index contributed by atoms with van der Waals surface area (Å²) in [5.74, 6) is -1.05. The standard InChI is InChI=1S/C9H13N3O3/c1-2-5-12-8(3-4-10-12)6-11-15-7-9(13)14/h3-4,6H,2,5,7H2,1H3,(H,13,14)/b11-6+. The van der Waals surface area contributed by atoms with Crippen LogP contribution in [0.5, 0.6) is 0 Å². The molecule has 1 N–H and O–H groups in total. The zero-order valence-electron chi connectivity index (χ0n) is 8.46. The summed E-state index contributed by atoms with van der Waals surface area (Å²) >= 11 is 0. The predicted octanol–water partition coefficient (Wildman–Crippen LogP) is 0.728. The van der Waals surface area contributed by atoms with E-state index in [9.17, 15) is 4.79 Å². The Bertz CT molecular complexity index is 346. The molecular formula is C9H13N3O3. The minimum absolute atomic E-state index is 0.432. The van der Waals surface area contributed by atoms with Gasteiger partial charge in [0.05, 0.1) is 11.9 Å². The fraction of sp³-hybridized carbons (Fsp3) is 0.444. The van der Waals surface area contributed by atoms with Crippen molar-refractivity contribution in [2.45, 2.75) is 19.9 Å². The molecule has 0 spiro atoms. The van der Waals surface area contributed by atoms with Crippen molar-refractivity contribution in [2.75, 3.05) is 6.61 Å². The molecule has 0 aromatic carbocycles. The van der Waals surface area contributed by atoms with Crippen LogP contribution >= 0.6 is 0 Å². The first kappa shape index (κ1) is 11.2. The van der Waals surface area contributed by atoms with Crippen molar-refractivity contribution < 1.29 is 14.7 Å². The second kappa shape index (κ2) is 5.79. The molecule has 1 heterocycles. The number of aromatic nitrogens is 2. The van der Waals surface area contributed by atoms with E-state index >= 15 is 0 Å². The summed E-state index contributed by atoms with van der Waals surface area (Å²) in [5, 5.41) is 15.9. The second-order valence-corrected chi connectivity index (χ2v) is 2.88. The number of aryl methyl sites for hydroxylation is 1. The van der Waals surface area contributed by atoms with E-state index in [-0.39, 0.29) is 0 Å². The van der Waals surface area contributed by atoms with Crippen LogP contribution in [0.4, 0.5) is 0 Å². The number of rotatable bonds is 6. The van der Waals surface area contributed by atoms with Gasteiger partial charge in [-0.15, -0.1) is 0 Å². The van der Waals surface area contributed by atoms with E-state index in [1.54, 1.807) is 16.9 Å². The first-order valence-corrected chi connectivity index (χ1v) is 4.63. The SMILES string of the molecule is CCCn1nccc1/C=N/OCC(=O)O. The van der Waals surface area contributed by atoms with Crippen LogP contribution in [0.2, 0.25) is 0 Å². The van der Waals surface area contributed by atoms with Crippen LogP contribution in [0.1, 0.15) is 19.0 Å². The molecular weight excluding hydrogens is 198 g/mol. The zero-order valence-corrected chi connectivity index (χ0v) is 8.46. The molecule has 0 unspecified atom stereocenters. The normalized spacial score (nSPS) is 10.7. The molecule has 6 nitrogen and oxygen atoms in total. The Morgan fingerprint density at radius 3 is 3.27 bits per heavy atom. The maximum atomic E-state index is 10.1. The average Bonchev–Trinajstić information content (AvgIpc) is 2.61. The third-order valence-electron chi connectivity index (χ3n) is 1.63. The Morgan fingerprint density at radius 2 is 2.60 bits per heavy atom. The number of aliphatic carboxylic acids is 1. The molecule has 0 radical (unpaired) electrons. The van der Waals surface area contributed by atoms with Gasteiger partial charge in [-0.2, -0.15) is 5.10 Å². The lowest BCUT2D eigenvalue weighted by Crippen LogP contribution is -2.05. The topological polar surface area (TPSA) is 76.7 Å². The Labute approximate surface area is 87.1 Å². The number of carboxylic acid groups (broad SMARTS) is 1. The van der Waals surface area contributed by atoms with Gasteiger partial charge in [0, 0.05) is 12.7 Å². The summed E-state index contributed by atoms with van der Waals surface area (Å²) in [4.78, 5) is 14.6. The molecule has 0 bridgehead atoms. The predicted molar refractivity (Wildman–Crippen MR) is 53.7 cm³/mol. The summed E-state index contributed by atoms with van der Waals surface area (Å²) in [5.41, 5.74) is 0.794. The van der Waals surface area contributed by atoms with Crippen molar-refractivity contribution in [3.05, 3.63) is 18.0 Å². The lowest BCUT2D eigenvalue weighted by molar-refractivity contribution is -0.142. The van der Waals surface area contributed by atoms with E-state index < -0.39 is 12.6 Å². The van der Waals surface area contributed by atoms with E-state index in [1.807, 2.05) is 6.92 Å². The molecule has 0 aliphatic heterocycles. The Hall–Kier alpha value is -1.85. The molecule has 6 heteroatoms. The molecule has 0 aliphatic rings. The minimum atomic E-state index is -1.05. The number of carboxylic acids is 1. The summed E-state index contributed by atoms with van der Waals surface area (Å²) in [6, 6.07) is 1.78. The lowest BCUT2D eigenvalue weighted by atomic mass is 10.4. The van der Waals surface area contributed by atoms with Gasteiger partial charge >= 0.3 is 5.97 Å². The van der Waals surface area contributed by atoms with Gasteiger partial charge in [0.2, 0.25) is 6.61 Å². The van der Waals surface area contributed by atoms with Crippen LogP contribution in [0.3, 0.4) is 0 Å². The molecule has 0 amide bonds. The highest BCUT2D eigenvalue weighted by Crippen LogP contribution is 1.97. The first-order valence-electron chi connectivity index (χ1n) is 4.63. The summed E-state index contributed by atoms with van der Waals surface area (Å²) in [6.45, 7) is 2.41. The maximum absolute atomic E-state index is 10.1. The molecule has 0 atom stereocenters. The van der Waals surface area contributed by atoms with Gasteiger partial charge in [-0.25, -0.2) is 4.79 Å². The molecule has 0 aliphatic carbocycles. The Kier molecular flexibility index (Phi) is 4.33. The van der Waals surface area contributed by atoms with Crippen LogP contribution in [0.15, 0.2) is 17.4 Å². The van der Waals surface area contributed by atoms with Crippen molar-refractivity contribution in [2.24, 2.45) is 5.16 Å². The average molecular weight is 211 g/mol. The minimum Gasteiger partial charge on any atom is -0.479 e. The number of hydrogen-bond donors (Lipinski definition) is 1. The van der Waals surface area contributed by atoms with Gasteiger partial charge in [0.15, 0.2) is 0 Å². The van der Waals surface area contributed by atoms with Crippen LogP contribution in [-0.4, -0.2) is 33.7 Å². The van der Waals surface area contributed by atoms with E-state index in [2.05, 4.69) is 15.1 Å². The molecule has 0 fully saturated rings. The largest absolute Gasteiger partial charge is 0.479 e. The summed E-state index contributed by atoms with van der Waals surface area (Å²) in [6.07, 6.45) is 4.08. The number of carbonyl (C=O) groups is 1. The van der Waals surface area contributed by atoms with Crippen LogP contribution < -0.4 is 0 Å². The van der Waals surface area contributed by atoms with Crippen LogP contribution in [0.25, 0.3) is 0 Å². The van der Waals surface area contributed by atoms with E-state index in [4.69, 9.17) is 5.11 Å². The summed E-state index contributed by atoms with van der Waals surface area (Å²) < 4.78 is 1.77. The van der Waals surface area contributed by atoms with Crippen molar-refractivity contribution in [1.82, 2.24) is 9.78 Å². The second-order valence-electron chi connectivity index (χ2n) is 2.88. The fourth-order valence-corrected chi connectivity index (χ4v) is 1.03. The molecule has 82 valence electrons. The highest BCUT2D eigenvalue weighted by Gasteiger charge is 1.98. The van der Waals surface area contributed by atoms with Crippen LogP contribution in [0, 0.1) is 0 Å². The molecule has 0 saturated heterocycles. The highest BCUT2D eigenvalue weighted by atomic mass is 16.6. The summed E-state index contributed by atoms with van der Waals surface area (Å²) in [7, 11) is 0. The molecule has 15 heavy (non-hydrogen) atoms. The molecule has 1 rings (SSSR count). The smallest absolute Gasteiger partial charge is 0.344 e. The quantitative estimate of drug-likeness (QED) is 0.555. The molecule has 1 aromatic rings. The van der Waals surface area contributed by atoms with Gasteiger partial charge in [0.1, 0.15) is 0 Å². The van der Waals surface area contributed by atoms with Gasteiger partial charge < -0.3 is 9.94 Å². The molecule has 1 aromatic heterocycles. The van der Waals surface area contributed by atoms with Gasteiger partial charge in [-0.1, -0.05) is 12.1 Å². The number of oxime groups is 1. The van der Waals surface area contributed by atoms with Crippen molar-refractivity contribution >= 4 is 12.2 Å². The first-order chi connectivity index (χ1) is 7.24. The zero-order chi connectivity index (χ0) is 11.1. The number of nitrogens with zero attached hydrogens (tertiary/aromatic N) is 3. The van der Waals surface area contributed by atoms with E-state index in [0.717, 1.165) is 18.7 Å². The van der Waals surface area contributed by atoms with Gasteiger partial charge in [-0.3, -0.25) is 4.68 Å². The van der Waals surface area contributed by atoms with Crippen LogP contribution in [-0.2, 0) is 16.2 Å². The fourth-order valence-electron chi connectivity index (χ4n) is 1.03. The highest BCUT2D eigenvalue weighted by molar-refractivity contribution is 5.76. The maximum Gasteiger partial charge on any atom is 0.344 e. The Balaban J connectivity index is 2.48. The van der Waals surface area contributed by atoms with Crippen molar-refractivity contribution in [1.29, 1.82) is 0 Å². The van der Waals surface area contributed by atoms with Gasteiger partial charge in [-0.05, 0) is 12.5 Å². The van der Waals surface area contributed by atoms with Gasteiger partial charge in [0.25, 0.3) is 0 Å². The third-order valence-corrected chi connectivity index (χ3v) is 1.63.